The van der Waals surface area contributed by atoms with E-state index in [1.807, 2.05) is 19.9 Å². The number of nitrogens with two attached hydrogens (primary N) is 1. The van der Waals surface area contributed by atoms with Crippen LogP contribution in [0.4, 0.5) is 0 Å². The number of rotatable bonds is 1. The first-order chi connectivity index (χ1) is 6.73. The summed E-state index contributed by atoms with van der Waals surface area (Å²) in [4.78, 5) is 0. The molecule has 0 aliphatic rings. The topological polar surface area (TPSA) is 46.2 Å². The molecule has 2 heteroatoms. The molecule has 0 spiro atoms. The minimum absolute atomic E-state index is 0.0365. The van der Waals surface area contributed by atoms with Gasteiger partial charge in [-0.3, -0.25) is 0 Å². The molecule has 0 radical (unpaired) electrons. The van der Waals surface area contributed by atoms with Crippen molar-refractivity contribution in [3.63, 3.8) is 0 Å². The monoisotopic (exact) mass is 207 g/mol. The van der Waals surface area contributed by atoms with E-state index in [4.69, 9.17) is 5.73 Å². The number of hydrogen-bond donors (Lipinski definition) is 2. The van der Waals surface area contributed by atoms with E-state index >= 15 is 0 Å². The third-order valence-electron chi connectivity index (χ3n) is 2.68. The predicted octanol–water partition coefficient (Wildman–Crippen LogP) is 3.02. The molecule has 0 bridgehead atoms. The largest absolute Gasteiger partial charge is 0.508 e. The lowest BCUT2D eigenvalue weighted by atomic mass is 9.84. The van der Waals surface area contributed by atoms with Crippen molar-refractivity contribution in [2.24, 2.45) is 5.73 Å². The van der Waals surface area contributed by atoms with Crippen LogP contribution in [0.1, 0.15) is 50.4 Å². The minimum atomic E-state index is -0.0371. The molecular formula is C13H21NO. The highest BCUT2D eigenvalue weighted by Crippen LogP contribution is 2.34. The summed E-state index contributed by atoms with van der Waals surface area (Å²) >= 11 is 0. The molecule has 0 aliphatic carbocycles. The summed E-state index contributed by atoms with van der Waals surface area (Å²) in [6.45, 7) is 10.2. The molecule has 0 saturated heterocycles. The molecular weight excluding hydrogens is 186 g/mol. The molecule has 2 nitrogen and oxygen atoms in total. The van der Waals surface area contributed by atoms with Crippen LogP contribution >= 0.6 is 0 Å². The lowest BCUT2D eigenvalue weighted by Gasteiger charge is -2.23. The second-order valence-electron chi connectivity index (χ2n) is 5.26. The molecule has 0 amide bonds. The van der Waals surface area contributed by atoms with E-state index in [2.05, 4.69) is 20.8 Å². The first-order valence-electron chi connectivity index (χ1n) is 5.33. The highest BCUT2D eigenvalue weighted by molar-refractivity contribution is 5.45. The lowest BCUT2D eigenvalue weighted by Crippen LogP contribution is -2.14. The van der Waals surface area contributed by atoms with Crippen LogP contribution < -0.4 is 5.73 Å². The Bertz CT molecular complexity index is 362. The van der Waals surface area contributed by atoms with Crippen LogP contribution in [0.3, 0.4) is 0 Å². The van der Waals surface area contributed by atoms with Gasteiger partial charge in [0, 0.05) is 6.04 Å². The fraction of sp³-hybridized carbons (Fsp3) is 0.538. The van der Waals surface area contributed by atoms with E-state index in [0.717, 1.165) is 16.7 Å². The Morgan fingerprint density at radius 2 is 1.80 bits per heavy atom. The molecule has 0 heterocycles. The average Bonchev–Trinajstić information content (AvgIpc) is 2.06. The number of hydrogen-bond acceptors (Lipinski definition) is 2. The fourth-order valence-corrected chi connectivity index (χ4v) is 1.80. The third kappa shape index (κ3) is 2.51. The normalized spacial score (nSPS) is 14.0. The summed E-state index contributed by atoms with van der Waals surface area (Å²) < 4.78 is 0. The summed E-state index contributed by atoms with van der Waals surface area (Å²) in [5.74, 6) is 0.348. The molecule has 0 saturated carbocycles. The average molecular weight is 207 g/mol. The summed E-state index contributed by atoms with van der Waals surface area (Å²) in [6.07, 6.45) is 0. The predicted molar refractivity (Wildman–Crippen MR) is 64.1 cm³/mol. The summed E-state index contributed by atoms with van der Waals surface area (Å²) in [6, 6.07) is 3.79. The van der Waals surface area contributed by atoms with Crippen molar-refractivity contribution in [1.29, 1.82) is 0 Å². The Labute approximate surface area is 92.1 Å². The number of benzene rings is 1. The maximum Gasteiger partial charge on any atom is 0.119 e. The van der Waals surface area contributed by atoms with Gasteiger partial charge in [0.15, 0.2) is 0 Å². The van der Waals surface area contributed by atoms with Crippen LogP contribution in [0.2, 0.25) is 0 Å². The SMILES string of the molecule is Cc1cc(C(C)(C)C)c(O)cc1C(C)N. The van der Waals surface area contributed by atoms with E-state index in [-0.39, 0.29) is 11.5 Å². The molecule has 84 valence electrons. The molecule has 1 aromatic rings. The number of aryl methyl sites for hydroxylation is 1. The Morgan fingerprint density at radius 1 is 1.27 bits per heavy atom. The standard InChI is InChI=1S/C13H21NO/c1-8-6-11(13(3,4)5)12(15)7-10(8)9(2)14/h6-7,9,15H,14H2,1-5H3. The quantitative estimate of drug-likeness (QED) is 0.743. The maximum absolute atomic E-state index is 9.94. The molecule has 15 heavy (non-hydrogen) atoms. The van der Waals surface area contributed by atoms with Gasteiger partial charge in [0.25, 0.3) is 0 Å². The van der Waals surface area contributed by atoms with Crippen LogP contribution in [0.25, 0.3) is 0 Å². The summed E-state index contributed by atoms with van der Waals surface area (Å²) in [5, 5.41) is 9.94. The molecule has 3 N–H and O–H groups in total. The zero-order valence-corrected chi connectivity index (χ0v) is 10.3. The van der Waals surface area contributed by atoms with Gasteiger partial charge in [0.05, 0.1) is 0 Å². The first kappa shape index (κ1) is 12.1. The highest BCUT2D eigenvalue weighted by Gasteiger charge is 2.19. The molecule has 1 unspecified atom stereocenters. The third-order valence-corrected chi connectivity index (χ3v) is 2.68. The van der Waals surface area contributed by atoms with Crippen LogP contribution in [0.5, 0.6) is 5.75 Å². The Kier molecular flexibility index (Phi) is 3.10. The smallest absolute Gasteiger partial charge is 0.119 e. The van der Waals surface area contributed by atoms with Crippen molar-refractivity contribution in [2.45, 2.75) is 46.1 Å². The molecule has 0 aromatic heterocycles. The lowest BCUT2D eigenvalue weighted by molar-refractivity contribution is 0.445. The van der Waals surface area contributed by atoms with Crippen molar-refractivity contribution in [1.82, 2.24) is 0 Å². The molecule has 0 fully saturated rings. The first-order valence-corrected chi connectivity index (χ1v) is 5.33. The van der Waals surface area contributed by atoms with Gasteiger partial charge >= 0.3 is 0 Å². The second-order valence-corrected chi connectivity index (χ2v) is 5.26. The van der Waals surface area contributed by atoms with Crippen molar-refractivity contribution in [2.75, 3.05) is 0 Å². The van der Waals surface area contributed by atoms with Gasteiger partial charge in [-0.1, -0.05) is 26.8 Å². The van der Waals surface area contributed by atoms with E-state index in [1.165, 1.54) is 0 Å². The van der Waals surface area contributed by atoms with Crippen LogP contribution in [-0.2, 0) is 5.41 Å². The second kappa shape index (κ2) is 3.86. The van der Waals surface area contributed by atoms with Crippen molar-refractivity contribution in [3.8, 4) is 5.75 Å². The van der Waals surface area contributed by atoms with Gasteiger partial charge < -0.3 is 10.8 Å². The van der Waals surface area contributed by atoms with E-state index in [1.54, 1.807) is 6.07 Å². The van der Waals surface area contributed by atoms with Crippen LogP contribution in [0.15, 0.2) is 12.1 Å². The van der Waals surface area contributed by atoms with Crippen LogP contribution in [0, 0.1) is 6.92 Å². The zero-order chi connectivity index (χ0) is 11.8. The number of aromatic hydroxyl groups is 1. The van der Waals surface area contributed by atoms with Gasteiger partial charge in [-0.2, -0.15) is 0 Å². The Morgan fingerprint density at radius 3 is 2.20 bits per heavy atom. The summed E-state index contributed by atoms with van der Waals surface area (Å²) in [5.41, 5.74) is 8.93. The van der Waals surface area contributed by atoms with Gasteiger partial charge in [-0.25, -0.2) is 0 Å². The van der Waals surface area contributed by atoms with E-state index in [9.17, 15) is 5.11 Å². The molecule has 0 aliphatic heterocycles. The van der Waals surface area contributed by atoms with Crippen molar-refractivity contribution < 1.29 is 5.11 Å². The maximum atomic E-state index is 9.94. The Balaban J connectivity index is 3.32. The van der Waals surface area contributed by atoms with E-state index < -0.39 is 0 Å². The molecule has 1 atom stereocenters. The fourth-order valence-electron chi connectivity index (χ4n) is 1.80. The van der Waals surface area contributed by atoms with Crippen molar-refractivity contribution in [3.05, 3.63) is 28.8 Å². The summed E-state index contributed by atoms with van der Waals surface area (Å²) in [7, 11) is 0. The molecule has 1 aromatic carbocycles. The van der Waals surface area contributed by atoms with Crippen LogP contribution in [-0.4, -0.2) is 5.11 Å². The van der Waals surface area contributed by atoms with Gasteiger partial charge in [-0.05, 0) is 42.0 Å². The highest BCUT2D eigenvalue weighted by atomic mass is 16.3. The van der Waals surface area contributed by atoms with Gasteiger partial charge in [0.1, 0.15) is 5.75 Å². The number of phenolic OH excluding ortho intramolecular Hbond substituents is 1. The van der Waals surface area contributed by atoms with E-state index in [0.29, 0.717) is 5.75 Å². The van der Waals surface area contributed by atoms with Gasteiger partial charge in [0.2, 0.25) is 0 Å². The zero-order valence-electron chi connectivity index (χ0n) is 10.3. The van der Waals surface area contributed by atoms with Crippen molar-refractivity contribution >= 4 is 0 Å². The molecule has 1 rings (SSSR count). The Hall–Kier alpha value is -1.02. The number of phenols is 1. The minimum Gasteiger partial charge on any atom is -0.508 e. The van der Waals surface area contributed by atoms with Gasteiger partial charge in [-0.15, -0.1) is 0 Å².